The summed E-state index contributed by atoms with van der Waals surface area (Å²) < 4.78 is 2.33. The lowest BCUT2D eigenvalue weighted by Crippen LogP contribution is -2.21. The van der Waals surface area contributed by atoms with Crippen LogP contribution in [0.15, 0.2) is 18.2 Å². The van der Waals surface area contributed by atoms with Crippen LogP contribution in [-0.2, 0) is 6.54 Å². The van der Waals surface area contributed by atoms with Gasteiger partial charge in [0.25, 0.3) is 0 Å². The van der Waals surface area contributed by atoms with Crippen molar-refractivity contribution in [3.8, 4) is 0 Å². The molecular weight excluding hydrogens is 258 g/mol. The lowest BCUT2D eigenvalue weighted by Gasteiger charge is -2.14. The zero-order valence-corrected chi connectivity index (χ0v) is 12.7. The van der Waals surface area contributed by atoms with E-state index in [-0.39, 0.29) is 0 Å². The molecule has 1 N–H and O–H groups in total. The van der Waals surface area contributed by atoms with Crippen LogP contribution >= 0.6 is 11.6 Å². The summed E-state index contributed by atoms with van der Waals surface area (Å²) in [6.07, 6.45) is 1.11. The summed E-state index contributed by atoms with van der Waals surface area (Å²) in [4.78, 5) is 4.78. The van der Waals surface area contributed by atoms with Gasteiger partial charge in [0.1, 0.15) is 5.82 Å². The van der Waals surface area contributed by atoms with Gasteiger partial charge in [-0.15, -0.1) is 0 Å². The highest BCUT2D eigenvalue weighted by Gasteiger charge is 2.16. The van der Waals surface area contributed by atoms with E-state index in [1.807, 2.05) is 12.1 Å². The molecule has 1 aromatic carbocycles. The number of benzene rings is 1. The van der Waals surface area contributed by atoms with E-state index in [0.29, 0.717) is 5.92 Å². The van der Waals surface area contributed by atoms with Crippen molar-refractivity contribution in [3.05, 3.63) is 29.0 Å². The highest BCUT2D eigenvalue weighted by molar-refractivity contribution is 6.31. The molecule has 2 rings (SSSR count). The lowest BCUT2D eigenvalue weighted by atomic mass is 10.1. The maximum Gasteiger partial charge on any atom is 0.113 e. The second-order valence-electron chi connectivity index (χ2n) is 4.96. The first-order valence-corrected chi connectivity index (χ1v) is 7.41. The van der Waals surface area contributed by atoms with E-state index >= 15 is 0 Å². The molecule has 0 saturated heterocycles. The Balaban J connectivity index is 2.43. The van der Waals surface area contributed by atoms with E-state index in [1.54, 1.807) is 0 Å². The fraction of sp³-hybridized carbons (Fsp3) is 0.533. The Bertz CT molecular complexity index is 548. The fourth-order valence-electron chi connectivity index (χ4n) is 2.41. The van der Waals surface area contributed by atoms with Crippen molar-refractivity contribution in [3.63, 3.8) is 0 Å². The van der Waals surface area contributed by atoms with Crippen molar-refractivity contribution in [2.24, 2.45) is 0 Å². The van der Waals surface area contributed by atoms with E-state index in [9.17, 15) is 0 Å². The molecule has 0 fully saturated rings. The molecule has 0 aliphatic heterocycles. The SMILES string of the molecule is CCCn1c(C(C)CNCC)nc2cc(Cl)ccc21. The number of nitrogens with zero attached hydrogens (tertiary/aromatic N) is 2. The van der Waals surface area contributed by atoms with Crippen LogP contribution in [0.25, 0.3) is 11.0 Å². The number of imidazole rings is 1. The maximum absolute atomic E-state index is 6.06. The quantitative estimate of drug-likeness (QED) is 0.871. The molecule has 0 aliphatic rings. The first kappa shape index (κ1) is 14.4. The maximum atomic E-state index is 6.06. The van der Waals surface area contributed by atoms with Gasteiger partial charge in [-0.1, -0.05) is 32.4 Å². The number of halogens is 1. The molecule has 104 valence electrons. The Morgan fingerprint density at radius 1 is 1.37 bits per heavy atom. The third kappa shape index (κ3) is 3.10. The predicted octanol–water partition coefficient (Wildman–Crippen LogP) is 3.81. The minimum absolute atomic E-state index is 0.401. The zero-order valence-electron chi connectivity index (χ0n) is 11.9. The van der Waals surface area contributed by atoms with Gasteiger partial charge in [-0.3, -0.25) is 0 Å². The van der Waals surface area contributed by atoms with E-state index < -0.39 is 0 Å². The second-order valence-corrected chi connectivity index (χ2v) is 5.40. The molecule has 0 spiro atoms. The van der Waals surface area contributed by atoms with Crippen molar-refractivity contribution in [2.45, 2.75) is 39.7 Å². The van der Waals surface area contributed by atoms with E-state index in [4.69, 9.17) is 16.6 Å². The highest BCUT2D eigenvalue weighted by Crippen LogP contribution is 2.24. The molecule has 0 saturated carbocycles. The van der Waals surface area contributed by atoms with Crippen LogP contribution in [0.3, 0.4) is 0 Å². The third-order valence-electron chi connectivity index (χ3n) is 3.33. The largest absolute Gasteiger partial charge is 0.328 e. The molecule has 2 aromatic rings. The number of fused-ring (bicyclic) bond motifs is 1. The number of aryl methyl sites for hydroxylation is 1. The smallest absolute Gasteiger partial charge is 0.113 e. The van der Waals surface area contributed by atoms with Crippen LogP contribution < -0.4 is 5.32 Å². The van der Waals surface area contributed by atoms with Gasteiger partial charge in [-0.05, 0) is 31.2 Å². The van der Waals surface area contributed by atoms with Crippen LogP contribution in [0.5, 0.6) is 0 Å². The van der Waals surface area contributed by atoms with Crippen molar-refractivity contribution >= 4 is 22.6 Å². The van der Waals surface area contributed by atoms with Gasteiger partial charge in [0.2, 0.25) is 0 Å². The fourth-order valence-corrected chi connectivity index (χ4v) is 2.57. The molecule has 1 aromatic heterocycles. The van der Waals surface area contributed by atoms with Gasteiger partial charge in [0.05, 0.1) is 11.0 Å². The van der Waals surface area contributed by atoms with E-state index in [0.717, 1.165) is 42.4 Å². The van der Waals surface area contributed by atoms with E-state index in [1.165, 1.54) is 5.52 Å². The molecule has 0 radical (unpaired) electrons. The summed E-state index contributed by atoms with van der Waals surface area (Å²) in [6, 6.07) is 5.97. The molecule has 1 heterocycles. The Hall–Kier alpha value is -1.06. The predicted molar refractivity (Wildman–Crippen MR) is 82.0 cm³/mol. The monoisotopic (exact) mass is 279 g/mol. The molecule has 19 heavy (non-hydrogen) atoms. The van der Waals surface area contributed by atoms with Gasteiger partial charge in [0, 0.05) is 24.0 Å². The van der Waals surface area contributed by atoms with Gasteiger partial charge in [0.15, 0.2) is 0 Å². The first-order chi connectivity index (χ1) is 9.17. The Morgan fingerprint density at radius 2 is 2.16 bits per heavy atom. The van der Waals surface area contributed by atoms with Gasteiger partial charge < -0.3 is 9.88 Å². The van der Waals surface area contributed by atoms with Crippen molar-refractivity contribution in [1.82, 2.24) is 14.9 Å². The summed E-state index contributed by atoms with van der Waals surface area (Å²) in [7, 11) is 0. The van der Waals surface area contributed by atoms with Crippen LogP contribution in [0.2, 0.25) is 5.02 Å². The van der Waals surface area contributed by atoms with Gasteiger partial charge in [-0.25, -0.2) is 4.98 Å². The number of hydrogen-bond acceptors (Lipinski definition) is 2. The van der Waals surface area contributed by atoms with Crippen LogP contribution in [0, 0.1) is 0 Å². The average molecular weight is 280 g/mol. The number of hydrogen-bond donors (Lipinski definition) is 1. The van der Waals surface area contributed by atoms with Crippen LogP contribution in [0.4, 0.5) is 0 Å². The van der Waals surface area contributed by atoms with Crippen LogP contribution in [-0.4, -0.2) is 22.6 Å². The number of aromatic nitrogens is 2. The average Bonchev–Trinajstić information content (AvgIpc) is 2.74. The molecule has 1 atom stereocenters. The zero-order chi connectivity index (χ0) is 13.8. The Kier molecular flexibility index (Phi) is 4.83. The van der Waals surface area contributed by atoms with Crippen molar-refractivity contribution in [1.29, 1.82) is 0 Å². The minimum Gasteiger partial charge on any atom is -0.328 e. The topological polar surface area (TPSA) is 29.9 Å². The highest BCUT2D eigenvalue weighted by atomic mass is 35.5. The molecular formula is C15H22ClN3. The van der Waals surface area contributed by atoms with Gasteiger partial charge >= 0.3 is 0 Å². The summed E-state index contributed by atoms with van der Waals surface area (Å²) in [5, 5.41) is 4.14. The third-order valence-corrected chi connectivity index (χ3v) is 3.56. The Morgan fingerprint density at radius 3 is 2.84 bits per heavy atom. The molecule has 0 amide bonds. The minimum atomic E-state index is 0.401. The van der Waals surface area contributed by atoms with Crippen LogP contribution in [0.1, 0.15) is 38.9 Å². The summed E-state index contributed by atoms with van der Waals surface area (Å²) in [5.74, 6) is 1.55. The Labute approximate surface area is 120 Å². The molecule has 1 unspecified atom stereocenters. The van der Waals surface area contributed by atoms with Crippen molar-refractivity contribution < 1.29 is 0 Å². The standard InChI is InChI=1S/C15H22ClN3/c1-4-8-19-14-7-6-12(16)9-13(14)18-15(19)11(3)10-17-5-2/h6-7,9,11,17H,4-5,8,10H2,1-3H3. The number of likely N-dealkylation sites (N-methyl/N-ethyl adjacent to an activating group) is 1. The van der Waals surface area contributed by atoms with E-state index in [2.05, 4.69) is 36.7 Å². The molecule has 0 bridgehead atoms. The molecule has 4 heteroatoms. The van der Waals surface area contributed by atoms with Crippen molar-refractivity contribution in [2.75, 3.05) is 13.1 Å². The number of rotatable bonds is 6. The molecule has 0 aliphatic carbocycles. The molecule has 3 nitrogen and oxygen atoms in total. The van der Waals surface area contributed by atoms with Gasteiger partial charge in [-0.2, -0.15) is 0 Å². The lowest BCUT2D eigenvalue weighted by molar-refractivity contribution is 0.563. The first-order valence-electron chi connectivity index (χ1n) is 7.03. The summed E-state index contributed by atoms with van der Waals surface area (Å²) in [6.45, 7) is 9.49. The second kappa shape index (κ2) is 6.40. The summed E-state index contributed by atoms with van der Waals surface area (Å²) in [5.41, 5.74) is 2.18. The number of nitrogens with one attached hydrogen (secondary N) is 1. The summed E-state index contributed by atoms with van der Waals surface area (Å²) >= 11 is 6.06. The normalized spacial score (nSPS) is 13.1.